The van der Waals surface area contributed by atoms with E-state index >= 15 is 0 Å². The number of aryl methyl sites for hydroxylation is 1. The quantitative estimate of drug-likeness (QED) is 0.529. The Hall–Kier alpha value is -1.47. The number of allylic oxidation sites excluding steroid dienone is 2. The summed E-state index contributed by atoms with van der Waals surface area (Å²) in [5.74, 6) is 0.933. The summed E-state index contributed by atoms with van der Waals surface area (Å²) >= 11 is 7.57. The highest BCUT2D eigenvalue weighted by atomic mass is 35.5. The Bertz CT molecular complexity index is 862. The van der Waals surface area contributed by atoms with Gasteiger partial charge in [-0.15, -0.1) is 0 Å². The zero-order valence-corrected chi connectivity index (χ0v) is 16.5. The van der Waals surface area contributed by atoms with Crippen molar-refractivity contribution in [1.29, 1.82) is 0 Å². The minimum absolute atomic E-state index is 0.405. The van der Waals surface area contributed by atoms with Crippen molar-refractivity contribution in [3.8, 4) is 0 Å². The summed E-state index contributed by atoms with van der Waals surface area (Å²) in [6, 6.07) is 0. The molecule has 0 aliphatic heterocycles. The molecule has 0 aliphatic rings. The molecule has 0 saturated heterocycles. The maximum Gasteiger partial charge on any atom is 0.329 e. The Balaban J connectivity index is 2.31. The Morgan fingerprint density at radius 2 is 2.00 bits per heavy atom. The van der Waals surface area contributed by atoms with Gasteiger partial charge in [0.15, 0.2) is 16.3 Å². The lowest BCUT2D eigenvalue weighted by Gasteiger charge is -2.06. The normalized spacial score (nSPS) is 12.2. The first-order chi connectivity index (χ1) is 12.0. The minimum atomic E-state index is -0.456. The number of imidazole rings is 1. The van der Waals surface area contributed by atoms with Gasteiger partial charge in [0, 0.05) is 24.4 Å². The van der Waals surface area contributed by atoms with E-state index in [4.69, 9.17) is 11.6 Å². The van der Waals surface area contributed by atoms with Gasteiger partial charge in [0.25, 0.3) is 5.56 Å². The van der Waals surface area contributed by atoms with E-state index in [2.05, 4.69) is 16.9 Å². The third-order valence-electron chi connectivity index (χ3n) is 4.01. The SMILES string of the molecule is CCCCCCCSc1nc2c(c(=O)[nH]c(=O)n2C)n1C/C=C(\C)Cl. The number of hydrogen-bond acceptors (Lipinski definition) is 4. The maximum atomic E-state index is 12.3. The molecule has 0 radical (unpaired) electrons. The van der Waals surface area contributed by atoms with Crippen LogP contribution < -0.4 is 11.2 Å². The summed E-state index contributed by atoms with van der Waals surface area (Å²) in [6.45, 7) is 4.44. The van der Waals surface area contributed by atoms with E-state index in [0.717, 1.165) is 17.3 Å². The van der Waals surface area contributed by atoms with Crippen molar-refractivity contribution in [2.75, 3.05) is 5.75 Å². The zero-order valence-electron chi connectivity index (χ0n) is 15.0. The smallest absolute Gasteiger partial charge is 0.309 e. The molecule has 0 aromatic carbocycles. The molecule has 25 heavy (non-hydrogen) atoms. The number of aromatic amines is 1. The van der Waals surface area contributed by atoms with Gasteiger partial charge in [0.05, 0.1) is 0 Å². The van der Waals surface area contributed by atoms with E-state index in [-0.39, 0.29) is 0 Å². The third-order valence-corrected chi connectivity index (χ3v) is 5.22. The molecule has 0 amide bonds. The van der Waals surface area contributed by atoms with Gasteiger partial charge in [-0.3, -0.25) is 14.3 Å². The van der Waals surface area contributed by atoms with Gasteiger partial charge < -0.3 is 4.57 Å². The third kappa shape index (κ3) is 5.01. The molecule has 2 heterocycles. The van der Waals surface area contributed by atoms with Crippen molar-refractivity contribution in [2.24, 2.45) is 7.05 Å². The van der Waals surface area contributed by atoms with Gasteiger partial charge in [0.2, 0.25) is 0 Å². The number of unbranched alkanes of at least 4 members (excludes halogenated alkanes) is 4. The highest BCUT2D eigenvalue weighted by molar-refractivity contribution is 7.99. The summed E-state index contributed by atoms with van der Waals surface area (Å²) in [6.07, 6.45) is 7.87. The lowest BCUT2D eigenvalue weighted by Crippen LogP contribution is -2.29. The second-order valence-corrected chi connectivity index (χ2v) is 7.71. The second kappa shape index (κ2) is 9.29. The van der Waals surface area contributed by atoms with Crippen LogP contribution >= 0.6 is 23.4 Å². The average Bonchev–Trinajstić information content (AvgIpc) is 2.93. The second-order valence-electron chi connectivity index (χ2n) is 6.05. The molecule has 138 valence electrons. The first-order valence-electron chi connectivity index (χ1n) is 8.60. The lowest BCUT2D eigenvalue weighted by atomic mass is 10.2. The summed E-state index contributed by atoms with van der Waals surface area (Å²) < 4.78 is 3.20. The molecule has 2 rings (SSSR count). The highest BCUT2D eigenvalue weighted by Gasteiger charge is 2.16. The van der Waals surface area contributed by atoms with Crippen molar-refractivity contribution in [3.63, 3.8) is 0 Å². The molecule has 0 saturated carbocycles. The minimum Gasteiger partial charge on any atom is -0.309 e. The van der Waals surface area contributed by atoms with Crippen molar-refractivity contribution < 1.29 is 0 Å². The molecule has 2 aromatic heterocycles. The van der Waals surface area contributed by atoms with Gasteiger partial charge in [-0.05, 0) is 13.3 Å². The van der Waals surface area contributed by atoms with Gasteiger partial charge in [0.1, 0.15) is 0 Å². The number of nitrogens with zero attached hydrogens (tertiary/aromatic N) is 3. The van der Waals surface area contributed by atoms with Crippen LogP contribution in [0.2, 0.25) is 0 Å². The number of hydrogen-bond donors (Lipinski definition) is 1. The fourth-order valence-electron chi connectivity index (χ4n) is 2.58. The van der Waals surface area contributed by atoms with E-state index in [1.54, 1.807) is 25.7 Å². The summed E-state index contributed by atoms with van der Waals surface area (Å²) in [4.78, 5) is 31.0. The number of aromatic nitrogens is 4. The van der Waals surface area contributed by atoms with Gasteiger partial charge in [-0.1, -0.05) is 62.0 Å². The van der Waals surface area contributed by atoms with Crippen molar-refractivity contribution >= 4 is 34.5 Å². The molecular weight excluding hydrogens is 360 g/mol. The van der Waals surface area contributed by atoms with Crippen LogP contribution in [0, 0.1) is 0 Å². The van der Waals surface area contributed by atoms with E-state index < -0.39 is 11.2 Å². The predicted molar refractivity (Wildman–Crippen MR) is 105 cm³/mol. The number of nitrogens with one attached hydrogen (secondary N) is 1. The number of rotatable bonds is 9. The van der Waals surface area contributed by atoms with Crippen LogP contribution in [0.15, 0.2) is 25.9 Å². The standard InChI is InChI=1S/C17H25ClN4O2S/c1-4-5-6-7-8-11-25-17-19-14-13(22(17)10-9-12(2)18)15(23)20-16(24)21(14)3/h9H,4-8,10-11H2,1-3H3,(H,20,23,24)/b12-9+. The molecule has 0 unspecified atom stereocenters. The van der Waals surface area contributed by atoms with Crippen LogP contribution in [0.4, 0.5) is 0 Å². The first-order valence-corrected chi connectivity index (χ1v) is 9.96. The molecule has 0 atom stereocenters. The average molecular weight is 385 g/mol. The number of fused-ring (bicyclic) bond motifs is 1. The Kier molecular flexibility index (Phi) is 7.38. The molecule has 8 heteroatoms. The predicted octanol–water partition coefficient (Wildman–Crippen LogP) is 3.63. The largest absolute Gasteiger partial charge is 0.329 e. The number of thioether (sulfide) groups is 1. The maximum absolute atomic E-state index is 12.3. The van der Waals surface area contributed by atoms with Crippen molar-refractivity contribution in [3.05, 3.63) is 31.9 Å². The Morgan fingerprint density at radius 1 is 1.28 bits per heavy atom. The first kappa shape index (κ1) is 19.8. The van der Waals surface area contributed by atoms with Gasteiger partial charge >= 0.3 is 5.69 Å². The summed E-state index contributed by atoms with van der Waals surface area (Å²) in [5.41, 5.74) is -0.0593. The van der Waals surface area contributed by atoms with E-state index in [0.29, 0.717) is 22.7 Å². The monoisotopic (exact) mass is 384 g/mol. The molecular formula is C17H25ClN4O2S. The Morgan fingerprint density at radius 3 is 2.68 bits per heavy atom. The molecule has 0 bridgehead atoms. The molecule has 2 aromatic rings. The van der Waals surface area contributed by atoms with Gasteiger partial charge in [-0.2, -0.15) is 0 Å². The summed E-state index contributed by atoms with van der Waals surface area (Å²) in [7, 11) is 1.61. The van der Waals surface area contributed by atoms with Crippen molar-refractivity contribution in [1.82, 2.24) is 19.1 Å². The molecule has 6 nitrogen and oxygen atoms in total. The fourth-order valence-corrected chi connectivity index (χ4v) is 3.65. The van der Waals surface area contributed by atoms with Crippen LogP contribution in [0.3, 0.4) is 0 Å². The van der Waals surface area contributed by atoms with E-state index in [1.807, 2.05) is 10.6 Å². The lowest BCUT2D eigenvalue weighted by molar-refractivity contribution is 0.658. The van der Waals surface area contributed by atoms with Crippen LogP contribution in [0.5, 0.6) is 0 Å². The van der Waals surface area contributed by atoms with Crippen LogP contribution in [0.1, 0.15) is 46.0 Å². The van der Waals surface area contributed by atoms with Gasteiger partial charge in [-0.25, -0.2) is 9.78 Å². The van der Waals surface area contributed by atoms with E-state index in [1.165, 1.54) is 30.3 Å². The van der Waals surface area contributed by atoms with E-state index in [9.17, 15) is 9.59 Å². The highest BCUT2D eigenvalue weighted by Crippen LogP contribution is 2.23. The number of halogens is 1. The van der Waals surface area contributed by atoms with Crippen LogP contribution in [-0.4, -0.2) is 24.9 Å². The van der Waals surface area contributed by atoms with Crippen LogP contribution in [-0.2, 0) is 13.6 Å². The molecule has 0 spiro atoms. The van der Waals surface area contributed by atoms with Crippen LogP contribution in [0.25, 0.3) is 11.2 Å². The molecule has 0 fully saturated rings. The Labute approximate surface area is 156 Å². The summed E-state index contributed by atoms with van der Waals surface area (Å²) in [5, 5.41) is 1.39. The van der Waals surface area contributed by atoms with Crippen molar-refractivity contribution in [2.45, 2.75) is 57.7 Å². The fraction of sp³-hybridized carbons (Fsp3) is 0.588. The topological polar surface area (TPSA) is 72.7 Å². The zero-order chi connectivity index (χ0) is 18.4. The molecule has 1 N–H and O–H groups in total. The molecule has 0 aliphatic carbocycles. The number of H-pyrrole nitrogens is 1.